The number of carboxylic acids is 1. The van der Waals surface area contributed by atoms with Crippen molar-refractivity contribution in [2.45, 2.75) is 32.2 Å². The Bertz CT molecular complexity index is 710. The van der Waals surface area contributed by atoms with Gasteiger partial charge in [-0.15, -0.1) is 0 Å². The molecule has 1 aliphatic heterocycles. The first-order valence-electron chi connectivity index (χ1n) is 7.11. The molecule has 2 aromatic rings. The van der Waals surface area contributed by atoms with Crippen LogP contribution in [0.4, 0.5) is 0 Å². The SMILES string of the molecule is CCc1nc2ccc(C(=O)O)cc2n1C1CCC(=O)NC1. The van der Waals surface area contributed by atoms with E-state index in [1.165, 1.54) is 0 Å². The Morgan fingerprint density at radius 3 is 2.95 bits per heavy atom. The third kappa shape index (κ3) is 2.37. The summed E-state index contributed by atoms with van der Waals surface area (Å²) in [5.41, 5.74) is 1.88. The molecule has 1 fully saturated rings. The van der Waals surface area contributed by atoms with Crippen LogP contribution in [0.15, 0.2) is 18.2 Å². The summed E-state index contributed by atoms with van der Waals surface area (Å²) in [6, 6.07) is 5.12. The molecule has 0 radical (unpaired) electrons. The average molecular weight is 287 g/mol. The van der Waals surface area contributed by atoms with E-state index in [0.29, 0.717) is 13.0 Å². The third-order valence-corrected chi connectivity index (χ3v) is 3.93. The van der Waals surface area contributed by atoms with Gasteiger partial charge in [-0.2, -0.15) is 0 Å². The number of aromatic nitrogens is 2. The van der Waals surface area contributed by atoms with Crippen molar-refractivity contribution in [3.05, 3.63) is 29.6 Å². The zero-order chi connectivity index (χ0) is 15.0. The highest BCUT2D eigenvalue weighted by atomic mass is 16.4. The number of hydrogen-bond donors (Lipinski definition) is 2. The number of piperidine rings is 1. The number of fused-ring (bicyclic) bond motifs is 1. The van der Waals surface area contributed by atoms with Gasteiger partial charge >= 0.3 is 5.97 Å². The van der Waals surface area contributed by atoms with Crippen LogP contribution in [0.2, 0.25) is 0 Å². The molecule has 1 aromatic carbocycles. The van der Waals surface area contributed by atoms with E-state index in [1.54, 1.807) is 18.2 Å². The molecule has 1 aliphatic rings. The average Bonchev–Trinajstić information content (AvgIpc) is 2.85. The van der Waals surface area contributed by atoms with Crippen molar-refractivity contribution in [1.82, 2.24) is 14.9 Å². The van der Waals surface area contributed by atoms with Gasteiger partial charge in [0, 0.05) is 19.4 Å². The first kappa shape index (κ1) is 13.6. The minimum atomic E-state index is -0.945. The Hall–Kier alpha value is -2.37. The molecule has 2 N–H and O–H groups in total. The van der Waals surface area contributed by atoms with Crippen LogP contribution >= 0.6 is 0 Å². The molecule has 2 heterocycles. The van der Waals surface area contributed by atoms with Crippen LogP contribution in [0.5, 0.6) is 0 Å². The molecule has 1 amide bonds. The second-order valence-corrected chi connectivity index (χ2v) is 5.26. The number of carbonyl (C=O) groups is 2. The second kappa shape index (κ2) is 5.20. The van der Waals surface area contributed by atoms with E-state index in [4.69, 9.17) is 5.11 Å². The molecule has 0 bridgehead atoms. The molecule has 6 heteroatoms. The normalized spacial score (nSPS) is 18.7. The zero-order valence-corrected chi connectivity index (χ0v) is 11.8. The number of benzene rings is 1. The first-order valence-corrected chi connectivity index (χ1v) is 7.11. The number of imidazole rings is 1. The molecule has 1 aromatic heterocycles. The maximum absolute atomic E-state index is 11.3. The van der Waals surface area contributed by atoms with Gasteiger partial charge in [0.2, 0.25) is 5.91 Å². The summed E-state index contributed by atoms with van der Waals surface area (Å²) >= 11 is 0. The maximum Gasteiger partial charge on any atom is 0.335 e. The molecule has 0 spiro atoms. The molecule has 6 nitrogen and oxygen atoms in total. The van der Waals surface area contributed by atoms with Gasteiger partial charge in [-0.3, -0.25) is 4.79 Å². The number of nitrogens with one attached hydrogen (secondary N) is 1. The third-order valence-electron chi connectivity index (χ3n) is 3.93. The summed E-state index contributed by atoms with van der Waals surface area (Å²) in [7, 11) is 0. The number of aryl methyl sites for hydroxylation is 1. The largest absolute Gasteiger partial charge is 0.478 e. The van der Waals surface area contributed by atoms with Gasteiger partial charge in [0.1, 0.15) is 5.82 Å². The van der Waals surface area contributed by atoms with Crippen molar-refractivity contribution in [2.24, 2.45) is 0 Å². The van der Waals surface area contributed by atoms with Crippen LogP contribution in [0, 0.1) is 0 Å². The van der Waals surface area contributed by atoms with Crippen LogP contribution in [0.1, 0.15) is 42.0 Å². The van der Waals surface area contributed by atoms with Crippen molar-refractivity contribution in [3.63, 3.8) is 0 Å². The Morgan fingerprint density at radius 1 is 1.52 bits per heavy atom. The Labute approximate surface area is 121 Å². The lowest BCUT2D eigenvalue weighted by Gasteiger charge is -2.26. The van der Waals surface area contributed by atoms with E-state index in [-0.39, 0.29) is 17.5 Å². The summed E-state index contributed by atoms with van der Waals surface area (Å²) in [6.45, 7) is 2.59. The lowest BCUT2D eigenvalue weighted by Crippen LogP contribution is -2.36. The van der Waals surface area contributed by atoms with E-state index in [1.807, 2.05) is 6.92 Å². The monoisotopic (exact) mass is 287 g/mol. The Balaban J connectivity index is 2.11. The fourth-order valence-corrected chi connectivity index (χ4v) is 2.87. The zero-order valence-electron chi connectivity index (χ0n) is 11.8. The molecule has 0 saturated carbocycles. The lowest BCUT2D eigenvalue weighted by atomic mass is 10.1. The number of amides is 1. The van der Waals surface area contributed by atoms with E-state index >= 15 is 0 Å². The van der Waals surface area contributed by atoms with Gasteiger partial charge in [-0.1, -0.05) is 6.92 Å². The molecule has 1 unspecified atom stereocenters. The number of rotatable bonds is 3. The van der Waals surface area contributed by atoms with Crippen LogP contribution in [-0.4, -0.2) is 33.1 Å². The smallest absolute Gasteiger partial charge is 0.335 e. The van der Waals surface area contributed by atoms with Crippen molar-refractivity contribution >= 4 is 22.9 Å². The molecule has 3 rings (SSSR count). The van der Waals surface area contributed by atoms with Gasteiger partial charge in [0.05, 0.1) is 22.6 Å². The number of nitrogens with zero attached hydrogens (tertiary/aromatic N) is 2. The summed E-state index contributed by atoms with van der Waals surface area (Å²) < 4.78 is 2.08. The number of carboxylic acid groups (broad SMARTS) is 1. The van der Waals surface area contributed by atoms with E-state index in [0.717, 1.165) is 29.7 Å². The van der Waals surface area contributed by atoms with Gasteiger partial charge in [-0.25, -0.2) is 9.78 Å². The standard InChI is InChI=1S/C15H17N3O3/c1-2-13-17-11-5-3-9(15(20)21)7-12(11)18(13)10-4-6-14(19)16-8-10/h3,5,7,10H,2,4,6,8H2,1H3,(H,16,19)(H,20,21). The minimum Gasteiger partial charge on any atom is -0.478 e. The van der Waals surface area contributed by atoms with Crippen LogP contribution < -0.4 is 5.32 Å². The van der Waals surface area contributed by atoms with E-state index in [9.17, 15) is 9.59 Å². The predicted molar refractivity (Wildman–Crippen MR) is 77.4 cm³/mol. The van der Waals surface area contributed by atoms with E-state index < -0.39 is 5.97 Å². The summed E-state index contributed by atoms with van der Waals surface area (Å²) in [5.74, 6) is 0.0493. The maximum atomic E-state index is 11.3. The second-order valence-electron chi connectivity index (χ2n) is 5.26. The minimum absolute atomic E-state index is 0.0694. The highest BCUT2D eigenvalue weighted by molar-refractivity contribution is 5.92. The number of hydrogen-bond acceptors (Lipinski definition) is 3. The highest BCUT2D eigenvalue weighted by Gasteiger charge is 2.24. The van der Waals surface area contributed by atoms with Crippen molar-refractivity contribution < 1.29 is 14.7 Å². The van der Waals surface area contributed by atoms with Crippen molar-refractivity contribution in [2.75, 3.05) is 6.54 Å². The van der Waals surface area contributed by atoms with Crippen molar-refractivity contribution in [1.29, 1.82) is 0 Å². The van der Waals surface area contributed by atoms with Crippen molar-refractivity contribution in [3.8, 4) is 0 Å². The quantitative estimate of drug-likeness (QED) is 0.900. The Kier molecular flexibility index (Phi) is 3.37. The number of carbonyl (C=O) groups excluding carboxylic acids is 1. The van der Waals surface area contributed by atoms with Gasteiger partial charge in [0.15, 0.2) is 0 Å². The fourth-order valence-electron chi connectivity index (χ4n) is 2.87. The fraction of sp³-hybridized carbons (Fsp3) is 0.400. The van der Waals surface area contributed by atoms with Gasteiger partial charge < -0.3 is 15.0 Å². The van der Waals surface area contributed by atoms with Crippen LogP contribution in [0.25, 0.3) is 11.0 Å². The number of aromatic carboxylic acids is 1. The van der Waals surface area contributed by atoms with Crippen LogP contribution in [-0.2, 0) is 11.2 Å². The van der Waals surface area contributed by atoms with E-state index in [2.05, 4.69) is 14.9 Å². The summed E-state index contributed by atoms with van der Waals surface area (Å²) in [6.07, 6.45) is 2.01. The molecule has 1 atom stereocenters. The first-order chi connectivity index (χ1) is 10.1. The van der Waals surface area contributed by atoms with Gasteiger partial charge in [-0.05, 0) is 24.6 Å². The van der Waals surface area contributed by atoms with Crippen LogP contribution in [0.3, 0.4) is 0 Å². The topological polar surface area (TPSA) is 84.2 Å². The highest BCUT2D eigenvalue weighted by Crippen LogP contribution is 2.27. The lowest BCUT2D eigenvalue weighted by molar-refractivity contribution is -0.122. The molecular formula is C15H17N3O3. The predicted octanol–water partition coefficient (Wildman–Crippen LogP) is 1.75. The molecular weight excluding hydrogens is 270 g/mol. The molecule has 21 heavy (non-hydrogen) atoms. The van der Waals surface area contributed by atoms with Gasteiger partial charge in [0.25, 0.3) is 0 Å². The molecule has 1 saturated heterocycles. The summed E-state index contributed by atoms with van der Waals surface area (Å²) in [5, 5.41) is 12.0. The molecule has 0 aliphatic carbocycles. The Morgan fingerprint density at radius 2 is 2.33 bits per heavy atom. The molecule has 110 valence electrons. The summed E-state index contributed by atoms with van der Waals surface area (Å²) in [4.78, 5) is 27.1.